The normalized spacial score (nSPS) is 26.4. The minimum Gasteiger partial charge on any atom is -0.391 e. The first-order chi connectivity index (χ1) is 6.75. The summed E-state index contributed by atoms with van der Waals surface area (Å²) in [5.41, 5.74) is 2.38. The fraction of sp³-hybridized carbons (Fsp3) is 0.500. The Hall–Kier alpha value is -1.02. The second-order valence-corrected chi connectivity index (χ2v) is 4.12. The van der Waals surface area contributed by atoms with Crippen LogP contribution in [0, 0.1) is 6.92 Å². The summed E-state index contributed by atoms with van der Waals surface area (Å²) < 4.78 is 0. The molecule has 14 heavy (non-hydrogen) atoms. The molecule has 0 radical (unpaired) electrons. The van der Waals surface area contributed by atoms with E-state index in [9.17, 15) is 5.11 Å². The van der Waals surface area contributed by atoms with Gasteiger partial charge in [-0.2, -0.15) is 0 Å². The SMILES string of the molecule is Cc1ccc(N[C@H]2CCC[C@@H]2O)cc1. The molecule has 0 unspecified atom stereocenters. The molecule has 0 saturated heterocycles. The minimum atomic E-state index is -0.170. The Kier molecular flexibility index (Phi) is 2.73. The largest absolute Gasteiger partial charge is 0.391 e. The second kappa shape index (κ2) is 4.01. The topological polar surface area (TPSA) is 32.3 Å². The summed E-state index contributed by atoms with van der Waals surface area (Å²) >= 11 is 0. The lowest BCUT2D eigenvalue weighted by Gasteiger charge is -2.17. The predicted octanol–water partition coefficient (Wildman–Crippen LogP) is 2.32. The summed E-state index contributed by atoms with van der Waals surface area (Å²) in [4.78, 5) is 0. The minimum absolute atomic E-state index is 0.170. The Bertz CT molecular complexity index is 294. The standard InChI is InChI=1S/C12H17NO/c1-9-5-7-10(8-6-9)13-11-3-2-4-12(11)14/h5-8,11-14H,2-4H2,1H3/t11-,12-/m0/s1. The number of rotatable bonds is 2. The monoisotopic (exact) mass is 191 g/mol. The van der Waals surface area contributed by atoms with Crippen molar-refractivity contribution in [1.29, 1.82) is 0 Å². The summed E-state index contributed by atoms with van der Waals surface area (Å²) in [5, 5.41) is 13.0. The summed E-state index contributed by atoms with van der Waals surface area (Å²) in [6.45, 7) is 2.08. The van der Waals surface area contributed by atoms with Gasteiger partial charge in [-0.1, -0.05) is 17.7 Å². The number of aryl methyl sites for hydroxylation is 1. The molecule has 76 valence electrons. The molecule has 0 aliphatic heterocycles. The van der Waals surface area contributed by atoms with E-state index in [0.717, 1.165) is 24.9 Å². The van der Waals surface area contributed by atoms with Crippen molar-refractivity contribution < 1.29 is 5.11 Å². The zero-order chi connectivity index (χ0) is 9.97. The van der Waals surface area contributed by atoms with Crippen molar-refractivity contribution in [1.82, 2.24) is 0 Å². The van der Waals surface area contributed by atoms with E-state index >= 15 is 0 Å². The molecule has 2 N–H and O–H groups in total. The van der Waals surface area contributed by atoms with Gasteiger partial charge in [-0.05, 0) is 38.3 Å². The number of aliphatic hydroxyl groups is 1. The summed E-state index contributed by atoms with van der Waals surface area (Å²) in [5.74, 6) is 0. The lowest BCUT2D eigenvalue weighted by molar-refractivity contribution is 0.172. The van der Waals surface area contributed by atoms with E-state index < -0.39 is 0 Å². The lowest BCUT2D eigenvalue weighted by Crippen LogP contribution is -2.27. The highest BCUT2D eigenvalue weighted by atomic mass is 16.3. The van der Waals surface area contributed by atoms with E-state index in [1.54, 1.807) is 0 Å². The number of hydrogen-bond acceptors (Lipinski definition) is 2. The van der Waals surface area contributed by atoms with Gasteiger partial charge in [0.05, 0.1) is 12.1 Å². The van der Waals surface area contributed by atoms with Crippen LogP contribution in [-0.4, -0.2) is 17.3 Å². The number of anilines is 1. The molecule has 2 atom stereocenters. The second-order valence-electron chi connectivity index (χ2n) is 4.12. The van der Waals surface area contributed by atoms with Crippen molar-refractivity contribution in [2.75, 3.05) is 5.32 Å². The van der Waals surface area contributed by atoms with Crippen LogP contribution in [-0.2, 0) is 0 Å². The molecule has 0 heterocycles. The van der Waals surface area contributed by atoms with Crippen LogP contribution < -0.4 is 5.32 Å². The van der Waals surface area contributed by atoms with Crippen LogP contribution in [0.1, 0.15) is 24.8 Å². The highest BCUT2D eigenvalue weighted by molar-refractivity contribution is 5.45. The molecule has 0 spiro atoms. The van der Waals surface area contributed by atoms with E-state index in [-0.39, 0.29) is 12.1 Å². The van der Waals surface area contributed by atoms with Crippen LogP contribution >= 0.6 is 0 Å². The van der Waals surface area contributed by atoms with Gasteiger partial charge in [-0.3, -0.25) is 0 Å². The van der Waals surface area contributed by atoms with Crippen LogP contribution in [0.2, 0.25) is 0 Å². The third-order valence-corrected chi connectivity index (χ3v) is 2.88. The summed E-state index contributed by atoms with van der Waals surface area (Å²) in [7, 11) is 0. The first-order valence-corrected chi connectivity index (χ1v) is 5.27. The van der Waals surface area contributed by atoms with E-state index in [1.807, 2.05) is 0 Å². The number of aliphatic hydroxyl groups excluding tert-OH is 1. The third kappa shape index (κ3) is 2.07. The Labute approximate surface area is 85.0 Å². The van der Waals surface area contributed by atoms with Gasteiger partial charge in [0.15, 0.2) is 0 Å². The third-order valence-electron chi connectivity index (χ3n) is 2.88. The Balaban J connectivity index is 2.00. The molecule has 1 aliphatic carbocycles. The Morgan fingerprint density at radius 1 is 1.21 bits per heavy atom. The molecule has 0 amide bonds. The van der Waals surface area contributed by atoms with Gasteiger partial charge in [-0.25, -0.2) is 0 Å². The molecule has 1 aliphatic rings. The first kappa shape index (κ1) is 9.53. The molecule has 1 aromatic rings. The average molecular weight is 191 g/mol. The number of benzene rings is 1. The van der Waals surface area contributed by atoms with E-state index in [2.05, 4.69) is 36.5 Å². The molecule has 1 fully saturated rings. The van der Waals surface area contributed by atoms with Gasteiger partial charge in [0, 0.05) is 5.69 Å². The molecule has 1 saturated carbocycles. The first-order valence-electron chi connectivity index (χ1n) is 5.27. The number of nitrogens with one attached hydrogen (secondary N) is 1. The predicted molar refractivity (Wildman–Crippen MR) is 58.4 cm³/mol. The van der Waals surface area contributed by atoms with Gasteiger partial charge in [0.25, 0.3) is 0 Å². The van der Waals surface area contributed by atoms with Crippen molar-refractivity contribution in [3.05, 3.63) is 29.8 Å². The van der Waals surface area contributed by atoms with Crippen LogP contribution in [0.15, 0.2) is 24.3 Å². The van der Waals surface area contributed by atoms with Gasteiger partial charge in [-0.15, -0.1) is 0 Å². The molecule has 2 heteroatoms. The highest BCUT2D eigenvalue weighted by Crippen LogP contribution is 2.22. The fourth-order valence-corrected chi connectivity index (χ4v) is 1.97. The number of hydrogen-bond donors (Lipinski definition) is 2. The van der Waals surface area contributed by atoms with Crippen LogP contribution in [0.4, 0.5) is 5.69 Å². The average Bonchev–Trinajstić information content (AvgIpc) is 2.56. The Morgan fingerprint density at radius 3 is 2.50 bits per heavy atom. The van der Waals surface area contributed by atoms with Crippen molar-refractivity contribution in [2.45, 2.75) is 38.3 Å². The quantitative estimate of drug-likeness (QED) is 0.752. The molecule has 2 rings (SSSR count). The zero-order valence-electron chi connectivity index (χ0n) is 8.53. The highest BCUT2D eigenvalue weighted by Gasteiger charge is 2.24. The maximum Gasteiger partial charge on any atom is 0.0741 e. The van der Waals surface area contributed by atoms with E-state index in [4.69, 9.17) is 0 Å². The molecule has 2 nitrogen and oxygen atoms in total. The molecular formula is C12H17NO. The lowest BCUT2D eigenvalue weighted by atomic mass is 10.2. The summed E-state index contributed by atoms with van der Waals surface area (Å²) in [6.07, 6.45) is 2.97. The van der Waals surface area contributed by atoms with Gasteiger partial charge in [0.1, 0.15) is 0 Å². The van der Waals surface area contributed by atoms with Gasteiger partial charge in [0.2, 0.25) is 0 Å². The van der Waals surface area contributed by atoms with Crippen LogP contribution in [0.25, 0.3) is 0 Å². The van der Waals surface area contributed by atoms with Crippen LogP contribution in [0.5, 0.6) is 0 Å². The van der Waals surface area contributed by atoms with Crippen molar-refractivity contribution >= 4 is 5.69 Å². The van der Waals surface area contributed by atoms with Crippen LogP contribution in [0.3, 0.4) is 0 Å². The van der Waals surface area contributed by atoms with E-state index in [0.29, 0.717) is 0 Å². The van der Waals surface area contributed by atoms with Gasteiger partial charge >= 0.3 is 0 Å². The van der Waals surface area contributed by atoms with Crippen molar-refractivity contribution in [2.24, 2.45) is 0 Å². The molecule has 0 bridgehead atoms. The maximum atomic E-state index is 9.64. The maximum absolute atomic E-state index is 9.64. The molecular weight excluding hydrogens is 174 g/mol. The fourth-order valence-electron chi connectivity index (χ4n) is 1.97. The van der Waals surface area contributed by atoms with Crippen molar-refractivity contribution in [3.63, 3.8) is 0 Å². The van der Waals surface area contributed by atoms with E-state index in [1.165, 1.54) is 5.56 Å². The molecule has 1 aromatic carbocycles. The van der Waals surface area contributed by atoms with Crippen molar-refractivity contribution in [3.8, 4) is 0 Å². The van der Waals surface area contributed by atoms with Gasteiger partial charge < -0.3 is 10.4 Å². The molecule has 0 aromatic heterocycles. The smallest absolute Gasteiger partial charge is 0.0741 e. The zero-order valence-corrected chi connectivity index (χ0v) is 8.53. The summed E-state index contributed by atoms with van der Waals surface area (Å²) in [6, 6.07) is 8.56. The Morgan fingerprint density at radius 2 is 1.93 bits per heavy atom.